The number of benzene rings is 5. The van der Waals surface area contributed by atoms with Gasteiger partial charge in [-0.15, -0.1) is 0 Å². The van der Waals surface area contributed by atoms with Gasteiger partial charge in [0, 0.05) is 41.8 Å². The SMILES string of the molecule is C=C/C(=C\C=NC)c1cccc(-n2c3ccccc3c3cc4c(cc32)-c2ccccc2CN4c2ccccc2N=C)c1. The van der Waals surface area contributed by atoms with E-state index >= 15 is 0 Å². The maximum absolute atomic E-state index is 4.36. The summed E-state index contributed by atoms with van der Waals surface area (Å²) in [7, 11) is 1.78. The highest BCUT2D eigenvalue weighted by Gasteiger charge is 2.27. The Morgan fingerprint density at radius 3 is 2.43 bits per heavy atom. The molecule has 1 aliphatic rings. The third kappa shape index (κ3) is 4.08. The van der Waals surface area contributed by atoms with E-state index in [-0.39, 0.29) is 0 Å². The molecule has 4 heteroatoms. The van der Waals surface area contributed by atoms with E-state index in [4.69, 9.17) is 0 Å². The Bertz CT molecular complexity index is 2070. The molecule has 0 radical (unpaired) electrons. The zero-order valence-corrected chi connectivity index (χ0v) is 23.5. The summed E-state index contributed by atoms with van der Waals surface area (Å²) in [6.07, 6.45) is 5.68. The average Bonchev–Trinajstić information content (AvgIpc) is 3.37. The number of nitrogens with zero attached hydrogens (tertiary/aromatic N) is 4. The van der Waals surface area contributed by atoms with E-state index in [2.05, 4.69) is 130 Å². The summed E-state index contributed by atoms with van der Waals surface area (Å²) in [6, 6.07) is 39.0. The molecule has 0 aliphatic carbocycles. The fraction of sp³-hybridized carbons (Fsp3) is 0.0526. The van der Waals surface area contributed by atoms with Gasteiger partial charge in [-0.3, -0.25) is 9.98 Å². The lowest BCUT2D eigenvalue weighted by atomic mass is 9.91. The second-order valence-corrected chi connectivity index (χ2v) is 10.4. The van der Waals surface area contributed by atoms with Crippen LogP contribution in [0.5, 0.6) is 0 Å². The molecule has 0 bridgehead atoms. The minimum atomic E-state index is 0.764. The van der Waals surface area contributed by atoms with Gasteiger partial charge in [0.1, 0.15) is 0 Å². The van der Waals surface area contributed by atoms with E-state index in [1.807, 2.05) is 24.3 Å². The van der Waals surface area contributed by atoms with Crippen molar-refractivity contribution in [3.8, 4) is 16.8 Å². The first-order valence-electron chi connectivity index (χ1n) is 14.1. The van der Waals surface area contributed by atoms with Crippen LogP contribution in [0.3, 0.4) is 0 Å². The van der Waals surface area contributed by atoms with Gasteiger partial charge in [0.15, 0.2) is 0 Å². The normalized spacial score (nSPS) is 13.0. The number of anilines is 2. The van der Waals surface area contributed by atoms with Crippen LogP contribution < -0.4 is 4.90 Å². The summed E-state index contributed by atoms with van der Waals surface area (Å²) >= 11 is 0. The lowest BCUT2D eigenvalue weighted by Gasteiger charge is -2.34. The first kappa shape index (κ1) is 25.5. The Balaban J connectivity index is 1.53. The molecule has 4 nitrogen and oxygen atoms in total. The van der Waals surface area contributed by atoms with E-state index in [0.717, 1.165) is 40.3 Å². The molecular formula is C38H30N4. The molecule has 1 aromatic heterocycles. The monoisotopic (exact) mass is 542 g/mol. The molecule has 7 rings (SSSR count). The Kier molecular flexibility index (Phi) is 6.37. The molecule has 0 N–H and O–H groups in total. The number of para-hydroxylation sites is 3. The van der Waals surface area contributed by atoms with Crippen LogP contribution in [0.25, 0.3) is 44.2 Å². The van der Waals surface area contributed by atoms with E-state index in [9.17, 15) is 0 Å². The van der Waals surface area contributed by atoms with Gasteiger partial charge in [-0.25, -0.2) is 0 Å². The molecule has 5 aromatic carbocycles. The summed E-state index contributed by atoms with van der Waals surface area (Å²) in [6.45, 7) is 8.67. The van der Waals surface area contributed by atoms with Crippen LogP contribution in [0, 0.1) is 0 Å². The summed E-state index contributed by atoms with van der Waals surface area (Å²) in [5, 5.41) is 2.42. The summed E-state index contributed by atoms with van der Waals surface area (Å²) in [4.78, 5) is 10.9. The van der Waals surface area contributed by atoms with Gasteiger partial charge in [-0.2, -0.15) is 0 Å². The smallest absolute Gasteiger partial charge is 0.0859 e. The average molecular weight is 543 g/mol. The van der Waals surface area contributed by atoms with Crippen molar-refractivity contribution in [1.82, 2.24) is 4.57 Å². The minimum absolute atomic E-state index is 0.764. The summed E-state index contributed by atoms with van der Waals surface area (Å²) < 4.78 is 2.38. The van der Waals surface area contributed by atoms with Gasteiger partial charge in [-0.1, -0.05) is 79.4 Å². The molecule has 0 fully saturated rings. The van der Waals surface area contributed by atoms with Crippen LogP contribution in [0.2, 0.25) is 0 Å². The van der Waals surface area contributed by atoms with Crippen LogP contribution >= 0.6 is 0 Å². The van der Waals surface area contributed by atoms with Gasteiger partial charge in [0.25, 0.3) is 0 Å². The lowest BCUT2D eigenvalue weighted by molar-refractivity contribution is 0.962. The van der Waals surface area contributed by atoms with E-state index in [1.54, 1.807) is 13.3 Å². The Labute approximate surface area is 245 Å². The number of hydrogen-bond acceptors (Lipinski definition) is 3. The number of rotatable bonds is 6. The van der Waals surface area contributed by atoms with Gasteiger partial charge in [0.2, 0.25) is 0 Å². The topological polar surface area (TPSA) is 32.9 Å². The standard InChI is InChI=1S/C38H30N4/c1-4-26(20-21-39-2)27-13-11-14-29(22-27)42-35-18-9-7-16-31(35)33-23-37-32(24-38(33)42)30-15-6-5-12-28(30)25-41(37)36-19-10-8-17-34(36)40-3/h4-24H,1,3,25H2,2H3/b26-20+,39-21?. The molecular weight excluding hydrogens is 512 g/mol. The van der Waals surface area contributed by atoms with Crippen LogP contribution in [0.15, 0.2) is 138 Å². The van der Waals surface area contributed by atoms with E-state index in [1.165, 1.54) is 38.7 Å². The maximum Gasteiger partial charge on any atom is 0.0859 e. The Hall–Kier alpha value is -5.48. The quantitative estimate of drug-likeness (QED) is 0.152. The molecule has 42 heavy (non-hydrogen) atoms. The van der Waals surface area contributed by atoms with Crippen LogP contribution in [-0.2, 0) is 6.54 Å². The molecule has 0 amide bonds. The first-order chi connectivity index (χ1) is 20.7. The number of aromatic nitrogens is 1. The van der Waals surface area contributed by atoms with Gasteiger partial charge < -0.3 is 9.47 Å². The van der Waals surface area contributed by atoms with Gasteiger partial charge in [-0.05, 0) is 77.5 Å². The molecule has 0 saturated carbocycles. The maximum atomic E-state index is 4.36. The van der Waals surface area contributed by atoms with Crippen molar-refractivity contribution < 1.29 is 0 Å². The number of aliphatic imine (C=N–C) groups is 2. The highest BCUT2D eigenvalue weighted by atomic mass is 15.2. The molecule has 202 valence electrons. The van der Waals surface area contributed by atoms with Crippen molar-refractivity contribution in [3.05, 3.63) is 139 Å². The number of hydrogen-bond donors (Lipinski definition) is 0. The second kappa shape index (κ2) is 10.5. The van der Waals surface area contributed by atoms with Crippen molar-refractivity contribution in [3.63, 3.8) is 0 Å². The first-order valence-corrected chi connectivity index (χ1v) is 14.1. The van der Waals surface area contributed by atoms with Crippen molar-refractivity contribution >= 4 is 57.4 Å². The number of fused-ring (bicyclic) bond motifs is 6. The largest absolute Gasteiger partial charge is 0.335 e. The van der Waals surface area contributed by atoms with Crippen LogP contribution in [0.1, 0.15) is 11.1 Å². The third-order valence-electron chi connectivity index (χ3n) is 8.12. The highest BCUT2D eigenvalue weighted by Crippen LogP contribution is 2.48. The van der Waals surface area contributed by atoms with E-state index < -0.39 is 0 Å². The van der Waals surface area contributed by atoms with Crippen molar-refractivity contribution in [2.75, 3.05) is 11.9 Å². The fourth-order valence-electron chi connectivity index (χ4n) is 6.20. The molecule has 0 saturated heterocycles. The van der Waals surface area contributed by atoms with Crippen LogP contribution in [0.4, 0.5) is 17.1 Å². The molecule has 2 heterocycles. The zero-order chi connectivity index (χ0) is 28.6. The van der Waals surface area contributed by atoms with Gasteiger partial charge in [0.05, 0.1) is 28.1 Å². The third-order valence-corrected chi connectivity index (χ3v) is 8.12. The predicted octanol–water partition coefficient (Wildman–Crippen LogP) is 9.70. The highest BCUT2D eigenvalue weighted by molar-refractivity contribution is 6.13. The van der Waals surface area contributed by atoms with Crippen molar-refractivity contribution in [2.24, 2.45) is 9.98 Å². The fourth-order valence-corrected chi connectivity index (χ4v) is 6.20. The molecule has 0 spiro atoms. The minimum Gasteiger partial charge on any atom is -0.335 e. The van der Waals surface area contributed by atoms with Crippen LogP contribution in [-0.4, -0.2) is 24.5 Å². The second-order valence-electron chi connectivity index (χ2n) is 10.4. The van der Waals surface area contributed by atoms with Gasteiger partial charge >= 0.3 is 0 Å². The molecule has 6 aromatic rings. The van der Waals surface area contributed by atoms with E-state index in [0.29, 0.717) is 0 Å². The summed E-state index contributed by atoms with van der Waals surface area (Å²) in [5.41, 5.74) is 12.4. The molecule has 1 aliphatic heterocycles. The lowest BCUT2D eigenvalue weighted by Crippen LogP contribution is -2.21. The van der Waals surface area contributed by atoms with Crippen molar-refractivity contribution in [1.29, 1.82) is 0 Å². The summed E-state index contributed by atoms with van der Waals surface area (Å²) in [5.74, 6) is 0. The Morgan fingerprint density at radius 2 is 1.57 bits per heavy atom. The Morgan fingerprint density at radius 1 is 0.762 bits per heavy atom. The molecule has 0 atom stereocenters. The van der Waals surface area contributed by atoms with Crippen molar-refractivity contribution in [2.45, 2.75) is 6.54 Å². The predicted molar refractivity (Wildman–Crippen MR) is 180 cm³/mol. The number of allylic oxidation sites excluding steroid dienone is 3. The zero-order valence-electron chi connectivity index (χ0n) is 23.5. The molecule has 0 unspecified atom stereocenters.